The van der Waals surface area contributed by atoms with Crippen LogP contribution in [-0.4, -0.2) is 32.8 Å². The molecule has 2 heterocycles. The summed E-state index contributed by atoms with van der Waals surface area (Å²) in [4.78, 5) is 14.7. The van der Waals surface area contributed by atoms with E-state index in [2.05, 4.69) is 5.16 Å². The summed E-state index contributed by atoms with van der Waals surface area (Å²) in [6.07, 6.45) is 2.29. The van der Waals surface area contributed by atoms with Gasteiger partial charge in [0.1, 0.15) is 17.1 Å². The SMILES string of the molecule is Cc1cc(CN(C)C(=O)c2cc(C3CC3)nn2-c2ccccc2)no1. The maximum absolute atomic E-state index is 13.0. The molecule has 1 aliphatic rings. The van der Waals surface area contributed by atoms with Crippen LogP contribution in [0.4, 0.5) is 0 Å². The molecule has 1 amide bonds. The quantitative estimate of drug-likeness (QED) is 0.717. The van der Waals surface area contributed by atoms with Crippen LogP contribution in [0.1, 0.15) is 46.4 Å². The van der Waals surface area contributed by atoms with E-state index in [1.54, 1.807) is 16.6 Å². The summed E-state index contributed by atoms with van der Waals surface area (Å²) >= 11 is 0. The largest absolute Gasteiger partial charge is 0.361 e. The lowest BCUT2D eigenvalue weighted by atomic mass is 10.2. The molecule has 25 heavy (non-hydrogen) atoms. The molecule has 0 spiro atoms. The highest BCUT2D eigenvalue weighted by Crippen LogP contribution is 2.39. The molecule has 6 nitrogen and oxygen atoms in total. The van der Waals surface area contributed by atoms with Crippen molar-refractivity contribution in [2.75, 3.05) is 7.05 Å². The van der Waals surface area contributed by atoms with E-state index in [1.165, 1.54) is 0 Å². The van der Waals surface area contributed by atoms with Gasteiger partial charge in [-0.3, -0.25) is 4.79 Å². The van der Waals surface area contributed by atoms with Gasteiger partial charge in [-0.15, -0.1) is 0 Å². The van der Waals surface area contributed by atoms with Crippen molar-refractivity contribution in [2.45, 2.75) is 32.2 Å². The van der Waals surface area contributed by atoms with Gasteiger partial charge in [0.25, 0.3) is 5.91 Å². The number of aryl methyl sites for hydroxylation is 1. The first-order chi connectivity index (χ1) is 12.1. The molecule has 1 aromatic carbocycles. The third-order valence-electron chi connectivity index (χ3n) is 4.37. The number of para-hydroxylation sites is 1. The van der Waals surface area contributed by atoms with E-state index in [9.17, 15) is 4.79 Å². The van der Waals surface area contributed by atoms with Crippen molar-refractivity contribution in [2.24, 2.45) is 0 Å². The second kappa shape index (κ2) is 6.20. The van der Waals surface area contributed by atoms with E-state index in [0.717, 1.165) is 35.7 Å². The van der Waals surface area contributed by atoms with E-state index < -0.39 is 0 Å². The number of amides is 1. The van der Waals surface area contributed by atoms with Crippen molar-refractivity contribution in [1.82, 2.24) is 19.8 Å². The van der Waals surface area contributed by atoms with Crippen molar-refractivity contribution in [3.05, 3.63) is 65.3 Å². The zero-order chi connectivity index (χ0) is 17.4. The number of carbonyl (C=O) groups is 1. The molecule has 0 bridgehead atoms. The molecule has 0 aliphatic heterocycles. The molecular weight excluding hydrogens is 316 g/mol. The topological polar surface area (TPSA) is 64.2 Å². The Morgan fingerprint density at radius 1 is 1.28 bits per heavy atom. The number of carbonyl (C=O) groups excluding carboxylic acids is 1. The Balaban J connectivity index is 1.64. The normalized spacial score (nSPS) is 13.8. The van der Waals surface area contributed by atoms with E-state index in [-0.39, 0.29) is 5.91 Å². The lowest BCUT2D eigenvalue weighted by molar-refractivity contribution is 0.0773. The monoisotopic (exact) mass is 336 g/mol. The molecule has 0 radical (unpaired) electrons. The summed E-state index contributed by atoms with van der Waals surface area (Å²) in [7, 11) is 1.77. The van der Waals surface area contributed by atoms with Crippen molar-refractivity contribution < 1.29 is 9.32 Å². The number of nitrogens with zero attached hydrogens (tertiary/aromatic N) is 4. The fourth-order valence-corrected chi connectivity index (χ4v) is 2.90. The van der Waals surface area contributed by atoms with E-state index in [0.29, 0.717) is 18.2 Å². The zero-order valence-electron chi connectivity index (χ0n) is 14.3. The fraction of sp³-hybridized carbons (Fsp3) is 0.316. The number of hydrogen-bond acceptors (Lipinski definition) is 4. The first-order valence-corrected chi connectivity index (χ1v) is 8.45. The molecule has 0 N–H and O–H groups in total. The highest BCUT2D eigenvalue weighted by atomic mass is 16.5. The predicted octanol–water partition coefficient (Wildman–Crippen LogP) is 3.32. The van der Waals surface area contributed by atoms with Crippen molar-refractivity contribution in [3.8, 4) is 5.69 Å². The summed E-state index contributed by atoms with van der Waals surface area (Å²) in [6.45, 7) is 2.24. The second-order valence-corrected chi connectivity index (χ2v) is 6.57. The van der Waals surface area contributed by atoms with Gasteiger partial charge in [0.2, 0.25) is 0 Å². The molecule has 1 saturated carbocycles. The van der Waals surface area contributed by atoms with Gasteiger partial charge in [0.15, 0.2) is 0 Å². The van der Waals surface area contributed by atoms with E-state index >= 15 is 0 Å². The Hall–Kier alpha value is -2.89. The minimum atomic E-state index is -0.0797. The summed E-state index contributed by atoms with van der Waals surface area (Å²) in [6, 6.07) is 13.5. The van der Waals surface area contributed by atoms with Gasteiger partial charge in [0, 0.05) is 19.0 Å². The number of benzene rings is 1. The van der Waals surface area contributed by atoms with Gasteiger partial charge in [-0.2, -0.15) is 5.10 Å². The molecule has 1 fully saturated rings. The molecule has 3 aromatic rings. The van der Waals surface area contributed by atoms with Crippen LogP contribution in [0.2, 0.25) is 0 Å². The first kappa shape index (κ1) is 15.6. The summed E-state index contributed by atoms with van der Waals surface area (Å²) in [5.74, 6) is 1.14. The third kappa shape index (κ3) is 3.20. The molecule has 4 rings (SSSR count). The van der Waals surface area contributed by atoms with Gasteiger partial charge in [0.05, 0.1) is 17.9 Å². The minimum Gasteiger partial charge on any atom is -0.361 e. The Morgan fingerprint density at radius 3 is 2.68 bits per heavy atom. The lowest BCUT2D eigenvalue weighted by Gasteiger charge is -2.16. The Labute approximate surface area is 146 Å². The van der Waals surface area contributed by atoms with E-state index in [4.69, 9.17) is 9.62 Å². The predicted molar refractivity (Wildman–Crippen MR) is 92.6 cm³/mol. The molecule has 2 aromatic heterocycles. The van der Waals surface area contributed by atoms with Crippen LogP contribution >= 0.6 is 0 Å². The lowest BCUT2D eigenvalue weighted by Crippen LogP contribution is -2.28. The maximum Gasteiger partial charge on any atom is 0.272 e. The fourth-order valence-electron chi connectivity index (χ4n) is 2.90. The average Bonchev–Trinajstić information content (AvgIpc) is 3.25. The average molecular weight is 336 g/mol. The van der Waals surface area contributed by atoms with Crippen LogP contribution in [0, 0.1) is 6.92 Å². The number of hydrogen-bond donors (Lipinski definition) is 0. The molecule has 0 atom stereocenters. The Morgan fingerprint density at radius 2 is 2.04 bits per heavy atom. The van der Waals surface area contributed by atoms with Crippen molar-refractivity contribution >= 4 is 5.91 Å². The smallest absolute Gasteiger partial charge is 0.272 e. The van der Waals surface area contributed by atoms with Gasteiger partial charge in [-0.1, -0.05) is 23.4 Å². The number of aromatic nitrogens is 3. The molecule has 0 unspecified atom stereocenters. The maximum atomic E-state index is 13.0. The van der Waals surface area contributed by atoms with Gasteiger partial charge in [-0.05, 0) is 38.0 Å². The Bertz CT molecular complexity index is 893. The number of rotatable bonds is 5. The summed E-state index contributed by atoms with van der Waals surface area (Å²) in [5.41, 5.74) is 3.21. The Kier molecular flexibility index (Phi) is 3.87. The van der Waals surface area contributed by atoms with Gasteiger partial charge in [-0.25, -0.2) is 4.68 Å². The summed E-state index contributed by atoms with van der Waals surface area (Å²) < 4.78 is 6.83. The van der Waals surface area contributed by atoms with Crippen LogP contribution in [0.15, 0.2) is 47.0 Å². The van der Waals surface area contributed by atoms with Crippen LogP contribution in [0.25, 0.3) is 5.69 Å². The highest BCUT2D eigenvalue weighted by molar-refractivity contribution is 5.93. The van der Waals surface area contributed by atoms with Gasteiger partial charge < -0.3 is 9.42 Å². The highest BCUT2D eigenvalue weighted by Gasteiger charge is 2.29. The molecular formula is C19H20N4O2. The first-order valence-electron chi connectivity index (χ1n) is 8.45. The third-order valence-corrected chi connectivity index (χ3v) is 4.37. The van der Waals surface area contributed by atoms with E-state index in [1.807, 2.05) is 49.4 Å². The van der Waals surface area contributed by atoms with Gasteiger partial charge >= 0.3 is 0 Å². The summed E-state index contributed by atoms with van der Waals surface area (Å²) in [5, 5.41) is 8.66. The standard InChI is InChI=1S/C19H20N4O2/c1-13-10-15(21-25-13)12-22(2)19(24)18-11-17(14-8-9-14)20-23(18)16-6-4-3-5-7-16/h3-7,10-11,14H,8-9,12H2,1-2H3. The minimum absolute atomic E-state index is 0.0797. The van der Waals surface area contributed by atoms with Crippen LogP contribution in [-0.2, 0) is 6.54 Å². The van der Waals surface area contributed by atoms with Crippen LogP contribution < -0.4 is 0 Å². The molecule has 128 valence electrons. The molecule has 0 saturated heterocycles. The second-order valence-electron chi connectivity index (χ2n) is 6.57. The molecule has 6 heteroatoms. The van der Waals surface area contributed by atoms with Crippen LogP contribution in [0.3, 0.4) is 0 Å². The van der Waals surface area contributed by atoms with Crippen LogP contribution in [0.5, 0.6) is 0 Å². The molecule has 1 aliphatic carbocycles. The zero-order valence-corrected chi connectivity index (χ0v) is 14.3. The van der Waals surface area contributed by atoms with Crippen molar-refractivity contribution in [1.29, 1.82) is 0 Å². The van der Waals surface area contributed by atoms with Crippen molar-refractivity contribution in [3.63, 3.8) is 0 Å².